The molecule has 0 saturated carbocycles. The number of hydrogen-bond donors (Lipinski definition) is 0. The van der Waals surface area contributed by atoms with Crippen LogP contribution in [0, 0.1) is 0 Å². The van der Waals surface area contributed by atoms with Gasteiger partial charge in [-0.1, -0.05) is 30.6 Å². The first kappa shape index (κ1) is 16.9. The quantitative estimate of drug-likeness (QED) is 0.817. The normalized spacial score (nSPS) is 18.7. The monoisotopic (exact) mass is 354 g/mol. The topological polar surface area (TPSA) is 45.4 Å². The van der Waals surface area contributed by atoms with Crippen molar-refractivity contribution in [3.8, 4) is 0 Å². The molecule has 7 heteroatoms. The van der Waals surface area contributed by atoms with Gasteiger partial charge in [-0.2, -0.15) is 4.98 Å². The van der Waals surface area contributed by atoms with Crippen LogP contribution >= 0.6 is 22.9 Å². The largest absolute Gasteiger partial charge is 0.338 e. The van der Waals surface area contributed by atoms with Crippen LogP contribution in [0.3, 0.4) is 0 Å². The Bertz CT molecular complexity index is 634. The lowest BCUT2D eigenvalue weighted by molar-refractivity contribution is 0.0850. The van der Waals surface area contributed by atoms with E-state index in [0.717, 1.165) is 48.8 Å². The van der Waals surface area contributed by atoms with E-state index in [-0.39, 0.29) is 6.04 Å². The van der Waals surface area contributed by atoms with Gasteiger partial charge in [0.2, 0.25) is 5.89 Å². The number of thiophene rings is 1. The Balaban J connectivity index is 1.53. The van der Waals surface area contributed by atoms with E-state index < -0.39 is 0 Å². The Hall–Kier alpha value is -0.950. The molecule has 0 aromatic carbocycles. The predicted octanol–water partition coefficient (Wildman–Crippen LogP) is 3.79. The molecule has 2 aromatic heterocycles. The van der Waals surface area contributed by atoms with Crippen molar-refractivity contribution in [1.82, 2.24) is 19.9 Å². The summed E-state index contributed by atoms with van der Waals surface area (Å²) in [4.78, 5) is 10.7. The maximum Gasteiger partial charge on any atom is 0.243 e. The first-order valence-corrected chi connectivity index (χ1v) is 9.26. The molecule has 5 nitrogen and oxygen atoms in total. The number of halogens is 1. The van der Waals surface area contributed by atoms with Crippen molar-refractivity contribution in [2.45, 2.75) is 39.3 Å². The van der Waals surface area contributed by atoms with Crippen LogP contribution in [-0.2, 0) is 6.54 Å². The molecule has 3 rings (SSSR count). The summed E-state index contributed by atoms with van der Waals surface area (Å²) in [6.07, 6.45) is 0. The van der Waals surface area contributed by atoms with Gasteiger partial charge in [0.15, 0.2) is 5.82 Å². The van der Waals surface area contributed by atoms with Crippen LogP contribution in [0.25, 0.3) is 0 Å². The molecule has 0 spiro atoms. The molecule has 0 radical (unpaired) electrons. The highest BCUT2D eigenvalue weighted by molar-refractivity contribution is 7.16. The molecule has 0 aliphatic carbocycles. The number of aromatic nitrogens is 2. The molecule has 1 atom stereocenters. The Labute approximate surface area is 146 Å². The second-order valence-electron chi connectivity index (χ2n) is 6.34. The highest BCUT2D eigenvalue weighted by atomic mass is 35.5. The highest BCUT2D eigenvalue weighted by Gasteiger charge is 2.26. The van der Waals surface area contributed by atoms with E-state index in [0.29, 0.717) is 5.92 Å². The Morgan fingerprint density at radius 1 is 1.22 bits per heavy atom. The van der Waals surface area contributed by atoms with Gasteiger partial charge in [-0.3, -0.25) is 9.80 Å². The second-order valence-corrected chi connectivity index (χ2v) is 8.14. The standard InChI is InChI=1S/C16H23ClN4OS/c1-11(2)15-18-16(22-19-15)12(3)21-8-6-20(7-9-21)10-13-4-5-14(17)23-13/h4-5,11-12H,6-10H2,1-3H3. The lowest BCUT2D eigenvalue weighted by atomic mass is 10.2. The third-order valence-corrected chi connectivity index (χ3v) is 5.51. The van der Waals surface area contributed by atoms with Gasteiger partial charge in [0.25, 0.3) is 0 Å². The highest BCUT2D eigenvalue weighted by Crippen LogP contribution is 2.25. The summed E-state index contributed by atoms with van der Waals surface area (Å²) in [6, 6.07) is 4.27. The summed E-state index contributed by atoms with van der Waals surface area (Å²) in [5.41, 5.74) is 0. The molecular weight excluding hydrogens is 332 g/mol. The number of piperazine rings is 1. The SMILES string of the molecule is CC(C)c1noc(C(C)N2CCN(Cc3ccc(Cl)s3)CC2)n1. The average Bonchev–Trinajstić information content (AvgIpc) is 3.17. The zero-order valence-electron chi connectivity index (χ0n) is 13.8. The van der Waals surface area contributed by atoms with Crippen molar-refractivity contribution in [2.75, 3.05) is 26.2 Å². The van der Waals surface area contributed by atoms with Crippen LogP contribution in [0.4, 0.5) is 0 Å². The van der Waals surface area contributed by atoms with Crippen molar-refractivity contribution in [1.29, 1.82) is 0 Å². The molecule has 23 heavy (non-hydrogen) atoms. The third kappa shape index (κ3) is 4.12. The maximum absolute atomic E-state index is 6.00. The summed E-state index contributed by atoms with van der Waals surface area (Å²) in [5.74, 6) is 1.82. The van der Waals surface area contributed by atoms with Gasteiger partial charge in [0.1, 0.15) is 0 Å². The van der Waals surface area contributed by atoms with Crippen LogP contribution in [0.15, 0.2) is 16.7 Å². The van der Waals surface area contributed by atoms with Crippen LogP contribution < -0.4 is 0 Å². The molecule has 0 N–H and O–H groups in total. The molecule has 2 aromatic rings. The minimum atomic E-state index is 0.174. The van der Waals surface area contributed by atoms with Gasteiger partial charge in [0, 0.05) is 43.5 Å². The van der Waals surface area contributed by atoms with Gasteiger partial charge in [0.05, 0.1) is 10.4 Å². The summed E-state index contributed by atoms with van der Waals surface area (Å²) >= 11 is 7.67. The maximum atomic E-state index is 6.00. The van der Waals surface area contributed by atoms with Crippen LogP contribution in [0.1, 0.15) is 49.3 Å². The third-order valence-electron chi connectivity index (χ3n) is 4.29. The fraction of sp³-hybridized carbons (Fsp3) is 0.625. The van der Waals surface area contributed by atoms with Gasteiger partial charge in [-0.05, 0) is 19.1 Å². The second kappa shape index (κ2) is 7.30. The van der Waals surface area contributed by atoms with Crippen LogP contribution in [0.2, 0.25) is 4.34 Å². The summed E-state index contributed by atoms with van der Waals surface area (Å²) in [6.45, 7) is 11.4. The predicted molar refractivity (Wildman–Crippen MR) is 93.0 cm³/mol. The van der Waals surface area contributed by atoms with E-state index in [1.165, 1.54) is 4.88 Å². The summed E-state index contributed by atoms with van der Waals surface area (Å²) < 4.78 is 6.30. The average molecular weight is 355 g/mol. The van der Waals surface area contributed by atoms with Crippen molar-refractivity contribution in [3.05, 3.63) is 33.1 Å². The minimum absolute atomic E-state index is 0.174. The Morgan fingerprint density at radius 3 is 2.52 bits per heavy atom. The Morgan fingerprint density at radius 2 is 1.96 bits per heavy atom. The van der Waals surface area contributed by atoms with E-state index in [4.69, 9.17) is 16.1 Å². The zero-order chi connectivity index (χ0) is 16.4. The molecule has 1 aliphatic rings. The van der Waals surface area contributed by atoms with E-state index in [1.54, 1.807) is 11.3 Å². The molecule has 3 heterocycles. The first-order chi connectivity index (χ1) is 11.0. The molecule has 126 valence electrons. The fourth-order valence-corrected chi connectivity index (χ4v) is 3.90. The fourth-order valence-electron chi connectivity index (χ4n) is 2.77. The number of nitrogens with zero attached hydrogens (tertiary/aromatic N) is 4. The number of rotatable bonds is 5. The van der Waals surface area contributed by atoms with Crippen molar-refractivity contribution in [3.63, 3.8) is 0 Å². The molecule has 1 unspecified atom stereocenters. The summed E-state index contributed by atoms with van der Waals surface area (Å²) in [5, 5.41) is 4.07. The molecule has 1 aliphatic heterocycles. The Kier molecular flexibility index (Phi) is 5.36. The van der Waals surface area contributed by atoms with E-state index in [2.05, 4.69) is 46.8 Å². The van der Waals surface area contributed by atoms with Crippen molar-refractivity contribution >= 4 is 22.9 Å². The zero-order valence-corrected chi connectivity index (χ0v) is 15.4. The van der Waals surface area contributed by atoms with E-state index >= 15 is 0 Å². The molecule has 0 bridgehead atoms. The minimum Gasteiger partial charge on any atom is -0.338 e. The van der Waals surface area contributed by atoms with E-state index in [9.17, 15) is 0 Å². The molecule has 0 amide bonds. The van der Waals surface area contributed by atoms with Gasteiger partial charge < -0.3 is 4.52 Å². The molecule has 1 saturated heterocycles. The lowest BCUT2D eigenvalue weighted by Crippen LogP contribution is -2.46. The molecule has 1 fully saturated rings. The lowest BCUT2D eigenvalue weighted by Gasteiger charge is -2.36. The van der Waals surface area contributed by atoms with Gasteiger partial charge >= 0.3 is 0 Å². The summed E-state index contributed by atoms with van der Waals surface area (Å²) in [7, 11) is 0. The number of hydrogen-bond acceptors (Lipinski definition) is 6. The van der Waals surface area contributed by atoms with E-state index in [1.807, 2.05) is 6.07 Å². The van der Waals surface area contributed by atoms with Crippen molar-refractivity contribution in [2.24, 2.45) is 0 Å². The van der Waals surface area contributed by atoms with Crippen LogP contribution in [0.5, 0.6) is 0 Å². The van der Waals surface area contributed by atoms with Crippen molar-refractivity contribution < 1.29 is 4.52 Å². The molecular formula is C16H23ClN4OS. The first-order valence-electron chi connectivity index (χ1n) is 8.07. The van der Waals surface area contributed by atoms with Crippen LogP contribution in [-0.4, -0.2) is 46.1 Å². The van der Waals surface area contributed by atoms with Gasteiger partial charge in [-0.25, -0.2) is 0 Å². The van der Waals surface area contributed by atoms with Gasteiger partial charge in [-0.15, -0.1) is 11.3 Å². The smallest absolute Gasteiger partial charge is 0.243 e.